The van der Waals surface area contributed by atoms with E-state index in [1.807, 2.05) is 55.5 Å². The summed E-state index contributed by atoms with van der Waals surface area (Å²) in [6, 6.07) is 12.4. The van der Waals surface area contributed by atoms with E-state index in [2.05, 4.69) is 11.6 Å². The molecule has 0 radical (unpaired) electrons. The third-order valence-corrected chi connectivity index (χ3v) is 6.83. The Morgan fingerprint density at radius 2 is 1.89 bits per heavy atom. The zero-order chi connectivity index (χ0) is 25.8. The normalized spacial score (nSPS) is 15.2. The molecule has 0 bridgehead atoms. The molecule has 3 aromatic rings. The van der Waals surface area contributed by atoms with E-state index in [1.165, 1.54) is 11.3 Å². The van der Waals surface area contributed by atoms with Crippen molar-refractivity contribution in [2.75, 3.05) is 20.3 Å². The third kappa shape index (κ3) is 4.90. The number of thiazole rings is 1. The molecule has 1 aliphatic heterocycles. The van der Waals surface area contributed by atoms with Crippen molar-refractivity contribution < 1.29 is 19.0 Å². The minimum absolute atomic E-state index is 0.220. The second kappa shape index (κ2) is 10.8. The maximum absolute atomic E-state index is 13.7. The fourth-order valence-electron chi connectivity index (χ4n) is 4.09. The van der Waals surface area contributed by atoms with E-state index >= 15 is 0 Å². The molecular weight excluding hydrogens is 476 g/mol. The van der Waals surface area contributed by atoms with Gasteiger partial charge in [-0.05, 0) is 67.8 Å². The second-order valence-corrected chi connectivity index (χ2v) is 9.20. The van der Waals surface area contributed by atoms with Gasteiger partial charge in [0.25, 0.3) is 5.56 Å². The van der Waals surface area contributed by atoms with Crippen molar-refractivity contribution >= 4 is 23.4 Å². The first kappa shape index (κ1) is 25.2. The van der Waals surface area contributed by atoms with Crippen molar-refractivity contribution in [1.29, 1.82) is 0 Å². The first-order chi connectivity index (χ1) is 17.4. The molecule has 1 aromatic heterocycles. The first-order valence-electron chi connectivity index (χ1n) is 11.6. The zero-order valence-electron chi connectivity index (χ0n) is 20.7. The minimum atomic E-state index is -0.673. The molecule has 0 saturated carbocycles. The Balaban J connectivity index is 1.88. The van der Waals surface area contributed by atoms with Crippen LogP contribution in [0.5, 0.6) is 11.5 Å². The Kier molecular flexibility index (Phi) is 7.55. The number of nitrogens with zero attached hydrogens (tertiary/aromatic N) is 2. The van der Waals surface area contributed by atoms with E-state index in [1.54, 1.807) is 31.6 Å². The van der Waals surface area contributed by atoms with Gasteiger partial charge in [-0.3, -0.25) is 9.36 Å². The lowest BCUT2D eigenvalue weighted by Crippen LogP contribution is -2.39. The number of hydrogen-bond donors (Lipinski definition) is 0. The number of aromatic nitrogens is 1. The molecule has 1 atom stereocenters. The van der Waals surface area contributed by atoms with Crippen molar-refractivity contribution in [3.8, 4) is 11.5 Å². The minimum Gasteiger partial charge on any atom is -0.497 e. The van der Waals surface area contributed by atoms with Crippen molar-refractivity contribution in [2.45, 2.75) is 26.8 Å². The van der Waals surface area contributed by atoms with Crippen molar-refractivity contribution in [3.63, 3.8) is 0 Å². The van der Waals surface area contributed by atoms with Crippen LogP contribution >= 0.6 is 11.3 Å². The highest BCUT2D eigenvalue weighted by Gasteiger charge is 2.33. The van der Waals surface area contributed by atoms with Crippen molar-refractivity contribution in [1.82, 2.24) is 4.57 Å². The van der Waals surface area contributed by atoms with Gasteiger partial charge in [0.1, 0.15) is 18.1 Å². The van der Waals surface area contributed by atoms with E-state index in [-0.39, 0.29) is 12.2 Å². The van der Waals surface area contributed by atoms with E-state index in [4.69, 9.17) is 14.2 Å². The predicted octanol–water partition coefficient (Wildman–Crippen LogP) is 3.68. The number of esters is 1. The van der Waals surface area contributed by atoms with Gasteiger partial charge in [0, 0.05) is 0 Å². The van der Waals surface area contributed by atoms with E-state index in [0.29, 0.717) is 33.0 Å². The molecule has 4 rings (SSSR count). The van der Waals surface area contributed by atoms with Crippen LogP contribution in [-0.4, -0.2) is 30.9 Å². The summed E-state index contributed by atoms with van der Waals surface area (Å²) in [5.41, 5.74) is 3.29. The fraction of sp³-hybridized carbons (Fsp3) is 0.250. The van der Waals surface area contributed by atoms with Gasteiger partial charge in [0.15, 0.2) is 4.80 Å². The molecule has 186 valence electrons. The Hall–Kier alpha value is -3.91. The molecule has 7 nitrogen and oxygen atoms in total. The molecule has 0 unspecified atom stereocenters. The van der Waals surface area contributed by atoms with Crippen LogP contribution < -0.4 is 24.4 Å². The van der Waals surface area contributed by atoms with Gasteiger partial charge >= 0.3 is 5.97 Å². The molecule has 0 spiro atoms. The van der Waals surface area contributed by atoms with Crippen LogP contribution in [0.15, 0.2) is 76.2 Å². The van der Waals surface area contributed by atoms with Crippen LogP contribution in [0.4, 0.5) is 0 Å². The fourth-order valence-corrected chi connectivity index (χ4v) is 5.12. The smallest absolute Gasteiger partial charge is 0.338 e. The number of ether oxygens (including phenoxy) is 3. The maximum Gasteiger partial charge on any atom is 0.338 e. The summed E-state index contributed by atoms with van der Waals surface area (Å²) in [6.45, 7) is 9.75. The summed E-state index contributed by atoms with van der Waals surface area (Å²) in [6.07, 6.45) is 3.52. The lowest BCUT2D eigenvalue weighted by atomic mass is 9.96. The molecule has 36 heavy (non-hydrogen) atoms. The highest BCUT2D eigenvalue weighted by molar-refractivity contribution is 7.07. The number of aryl methyl sites for hydroxylation is 1. The van der Waals surface area contributed by atoms with Crippen LogP contribution in [-0.2, 0) is 9.53 Å². The van der Waals surface area contributed by atoms with E-state index in [0.717, 1.165) is 22.4 Å². The number of fused-ring (bicyclic) bond motifs is 1. The summed E-state index contributed by atoms with van der Waals surface area (Å²) in [7, 11) is 1.62. The van der Waals surface area contributed by atoms with Crippen LogP contribution in [0.1, 0.15) is 36.6 Å². The molecule has 1 aliphatic rings. The molecule has 2 heterocycles. The van der Waals surface area contributed by atoms with E-state index < -0.39 is 12.0 Å². The van der Waals surface area contributed by atoms with Crippen molar-refractivity contribution in [3.05, 3.63) is 103 Å². The molecule has 0 amide bonds. The number of allylic oxidation sites excluding steroid dienone is 1. The SMILES string of the molecule is C=CCOc1ccc([C@H]2C(C(=O)OCC)=C(C)N=c3sc(=Cc4ccc(OC)cc4C)c(=O)n32)cc1. The van der Waals surface area contributed by atoms with Gasteiger partial charge in [0.2, 0.25) is 0 Å². The van der Waals surface area contributed by atoms with Gasteiger partial charge in [-0.25, -0.2) is 9.79 Å². The van der Waals surface area contributed by atoms with Crippen LogP contribution in [0, 0.1) is 6.92 Å². The Labute approximate surface area is 213 Å². The molecule has 0 saturated heterocycles. The van der Waals surface area contributed by atoms with Crippen LogP contribution in [0.3, 0.4) is 0 Å². The Bertz CT molecular complexity index is 1510. The number of methoxy groups -OCH3 is 1. The van der Waals surface area contributed by atoms with Crippen molar-refractivity contribution in [2.24, 2.45) is 4.99 Å². The standard InChI is InChI=1S/C28H28N2O5S/c1-6-14-35-21-11-8-19(9-12-21)25-24(27(32)34-7-2)18(4)29-28-30(25)26(31)23(36-28)16-20-10-13-22(33-5)15-17(20)3/h6,8-13,15-16,25H,1,7,14H2,2-5H3/t25-/m0/s1. The lowest BCUT2D eigenvalue weighted by Gasteiger charge is -2.24. The van der Waals surface area contributed by atoms with E-state index in [9.17, 15) is 9.59 Å². The summed E-state index contributed by atoms with van der Waals surface area (Å²) >= 11 is 1.29. The molecule has 0 fully saturated rings. The van der Waals surface area contributed by atoms with Gasteiger partial charge in [-0.2, -0.15) is 0 Å². The van der Waals surface area contributed by atoms with Gasteiger partial charge in [-0.15, -0.1) is 0 Å². The topological polar surface area (TPSA) is 79.1 Å². The third-order valence-electron chi connectivity index (χ3n) is 5.84. The van der Waals surface area contributed by atoms with Gasteiger partial charge in [0.05, 0.1) is 35.6 Å². The first-order valence-corrected chi connectivity index (χ1v) is 12.4. The summed E-state index contributed by atoms with van der Waals surface area (Å²) < 4.78 is 18.3. The summed E-state index contributed by atoms with van der Waals surface area (Å²) in [5, 5.41) is 0. The largest absolute Gasteiger partial charge is 0.497 e. The van der Waals surface area contributed by atoms with Crippen LogP contribution in [0.25, 0.3) is 6.08 Å². The average molecular weight is 505 g/mol. The number of carbonyl (C=O) groups is 1. The average Bonchev–Trinajstić information content (AvgIpc) is 3.17. The Morgan fingerprint density at radius 3 is 2.53 bits per heavy atom. The molecule has 0 aliphatic carbocycles. The Morgan fingerprint density at radius 1 is 1.17 bits per heavy atom. The monoisotopic (exact) mass is 504 g/mol. The summed E-state index contributed by atoms with van der Waals surface area (Å²) in [4.78, 5) is 31.9. The molecular formula is C28H28N2O5S. The van der Waals surface area contributed by atoms with Crippen LogP contribution in [0.2, 0.25) is 0 Å². The highest BCUT2D eigenvalue weighted by Crippen LogP contribution is 2.31. The number of rotatable bonds is 8. The summed E-state index contributed by atoms with van der Waals surface area (Å²) in [5.74, 6) is 0.928. The molecule has 8 heteroatoms. The second-order valence-electron chi connectivity index (χ2n) is 8.19. The quantitative estimate of drug-likeness (QED) is 0.345. The number of carbonyl (C=O) groups excluding carboxylic acids is 1. The zero-order valence-corrected chi connectivity index (χ0v) is 21.6. The van der Waals surface area contributed by atoms with Gasteiger partial charge in [-0.1, -0.05) is 42.2 Å². The highest BCUT2D eigenvalue weighted by atomic mass is 32.1. The lowest BCUT2D eigenvalue weighted by molar-refractivity contribution is -0.139. The number of benzene rings is 2. The predicted molar refractivity (Wildman–Crippen MR) is 140 cm³/mol. The number of hydrogen-bond acceptors (Lipinski definition) is 7. The molecule has 2 aromatic carbocycles. The van der Waals surface area contributed by atoms with Gasteiger partial charge < -0.3 is 14.2 Å². The molecule has 0 N–H and O–H groups in total. The maximum atomic E-state index is 13.7.